The number of nitrogens with zero attached hydrogens (tertiary/aromatic N) is 3. The van der Waals surface area contributed by atoms with Crippen molar-refractivity contribution in [1.29, 1.82) is 0 Å². The van der Waals surface area contributed by atoms with Gasteiger partial charge in [0, 0.05) is 25.0 Å². The van der Waals surface area contributed by atoms with Gasteiger partial charge in [0.2, 0.25) is 5.91 Å². The first-order valence-electron chi connectivity index (χ1n) is 6.99. The number of halogens is 1. The molecule has 0 aromatic carbocycles. The van der Waals surface area contributed by atoms with Gasteiger partial charge in [-0.25, -0.2) is 4.98 Å². The Morgan fingerprint density at radius 3 is 2.74 bits per heavy atom. The normalized spacial score (nSPS) is 15.0. The van der Waals surface area contributed by atoms with Crippen molar-refractivity contribution < 1.29 is 9.35 Å². The second-order valence-corrected chi connectivity index (χ2v) is 8.32. The van der Waals surface area contributed by atoms with Crippen LogP contribution < -0.4 is 4.90 Å². The van der Waals surface area contributed by atoms with Gasteiger partial charge >= 0.3 is 0 Å². The average Bonchev–Trinajstić information content (AvgIpc) is 2.94. The first kappa shape index (κ1) is 18.2. The lowest BCUT2D eigenvalue weighted by Gasteiger charge is -2.24. The number of amides is 1. The lowest BCUT2D eigenvalue weighted by molar-refractivity contribution is -0.121. The van der Waals surface area contributed by atoms with Crippen LogP contribution >= 0.6 is 22.9 Å². The third kappa shape index (κ3) is 4.03. The number of thiazole rings is 1. The summed E-state index contributed by atoms with van der Waals surface area (Å²) in [6, 6.07) is 3.71. The summed E-state index contributed by atoms with van der Waals surface area (Å²) in [6.07, 6.45) is 4.99. The molecule has 0 fully saturated rings. The summed E-state index contributed by atoms with van der Waals surface area (Å²) < 4.78 is 11.6. The van der Waals surface area contributed by atoms with Crippen molar-refractivity contribution >= 4 is 45.0 Å². The zero-order valence-corrected chi connectivity index (χ0v) is 15.7. The molecule has 0 radical (unpaired) electrons. The van der Waals surface area contributed by atoms with Crippen LogP contribution in [0.4, 0.5) is 5.00 Å². The largest absolute Gasteiger partial charge is 0.616 e. The van der Waals surface area contributed by atoms with Crippen molar-refractivity contribution in [2.24, 2.45) is 5.92 Å². The second-order valence-electron chi connectivity index (χ2n) is 5.25. The van der Waals surface area contributed by atoms with Crippen LogP contribution in [-0.4, -0.2) is 39.0 Å². The molecule has 0 aliphatic rings. The van der Waals surface area contributed by atoms with E-state index in [2.05, 4.69) is 9.97 Å². The van der Waals surface area contributed by atoms with E-state index in [0.29, 0.717) is 10.0 Å². The fourth-order valence-corrected chi connectivity index (χ4v) is 3.99. The van der Waals surface area contributed by atoms with Gasteiger partial charge < -0.3 is 9.45 Å². The molecule has 5 nitrogen and oxygen atoms in total. The van der Waals surface area contributed by atoms with E-state index >= 15 is 0 Å². The topological polar surface area (TPSA) is 69.2 Å². The number of hydrogen-bond acceptors (Lipinski definition) is 5. The molecule has 0 bridgehead atoms. The fourth-order valence-electron chi connectivity index (χ4n) is 2.01. The number of rotatable bonds is 5. The van der Waals surface area contributed by atoms with Crippen molar-refractivity contribution in [2.75, 3.05) is 18.2 Å². The van der Waals surface area contributed by atoms with Crippen LogP contribution in [0.1, 0.15) is 13.8 Å². The quantitative estimate of drug-likeness (QED) is 0.756. The Bertz CT molecular complexity index is 679. The Hall–Kier alpha value is -1.15. The first-order valence-corrected chi connectivity index (χ1v) is 9.81. The zero-order valence-electron chi connectivity index (χ0n) is 13.3. The summed E-state index contributed by atoms with van der Waals surface area (Å²) in [6.45, 7) is 3.59. The van der Waals surface area contributed by atoms with Gasteiger partial charge in [0.25, 0.3) is 0 Å². The fraction of sp³-hybridized carbons (Fsp3) is 0.400. The molecule has 0 aliphatic heterocycles. The lowest BCUT2D eigenvalue weighted by atomic mass is 10.1. The number of aromatic nitrogens is 2. The van der Waals surface area contributed by atoms with Crippen LogP contribution in [0.25, 0.3) is 10.6 Å². The maximum Gasteiger partial charge on any atom is 0.235 e. The lowest BCUT2D eigenvalue weighted by Crippen LogP contribution is -2.39. The summed E-state index contributed by atoms with van der Waals surface area (Å²) in [5.41, 5.74) is 0.850. The number of carbonyl (C=O) groups is 1. The van der Waals surface area contributed by atoms with E-state index in [1.165, 1.54) is 16.2 Å². The van der Waals surface area contributed by atoms with Crippen molar-refractivity contribution in [3.63, 3.8) is 0 Å². The van der Waals surface area contributed by atoms with Crippen LogP contribution in [0, 0.1) is 5.92 Å². The van der Waals surface area contributed by atoms with E-state index < -0.39 is 11.2 Å². The molecule has 124 valence electrons. The molecule has 3 unspecified atom stereocenters. The molecule has 2 aromatic rings. The average molecular weight is 372 g/mol. The molecule has 0 saturated heterocycles. The summed E-state index contributed by atoms with van der Waals surface area (Å²) in [4.78, 5) is 22.5. The van der Waals surface area contributed by atoms with Crippen LogP contribution in [0.5, 0.6) is 0 Å². The molecule has 2 rings (SSSR count). The molecule has 8 heteroatoms. The third-order valence-corrected chi connectivity index (χ3v) is 6.74. The summed E-state index contributed by atoms with van der Waals surface area (Å²) in [7, 11) is 1.66. The number of hydrogen-bond donors (Lipinski definition) is 0. The highest BCUT2D eigenvalue weighted by atomic mass is 35.5. The molecule has 0 aliphatic carbocycles. The minimum absolute atomic E-state index is 0.129. The van der Waals surface area contributed by atoms with Crippen LogP contribution in [0.3, 0.4) is 0 Å². The van der Waals surface area contributed by atoms with Crippen LogP contribution in [0.15, 0.2) is 24.5 Å². The van der Waals surface area contributed by atoms with Gasteiger partial charge in [0.15, 0.2) is 5.15 Å². The third-order valence-electron chi connectivity index (χ3n) is 3.73. The first-order chi connectivity index (χ1) is 10.8. The molecular formula is C15H18ClN3O2S2. The zero-order chi connectivity index (χ0) is 17.1. The highest BCUT2D eigenvalue weighted by Crippen LogP contribution is 2.37. The second kappa shape index (κ2) is 7.61. The standard InChI is InChI=1S/C15H18ClN3O2S2/c1-9(10(2)23(4)21)14(20)19(3)15-12(16)18-13(22-15)11-6-5-7-17-8-11/h5-10H,1-4H3. The van der Waals surface area contributed by atoms with E-state index in [9.17, 15) is 9.35 Å². The maximum absolute atomic E-state index is 12.6. The van der Waals surface area contributed by atoms with Crippen molar-refractivity contribution in [1.82, 2.24) is 9.97 Å². The SMILES string of the molecule is CC(C(=O)N(C)c1sc(-c2cccnc2)nc1Cl)C(C)[S+](C)[O-]. The number of anilines is 1. The van der Waals surface area contributed by atoms with Gasteiger partial charge in [-0.05, 0) is 26.0 Å². The van der Waals surface area contributed by atoms with Crippen molar-refractivity contribution in [3.8, 4) is 10.6 Å². The summed E-state index contributed by atoms with van der Waals surface area (Å²) in [5, 5.41) is 1.34. The van der Waals surface area contributed by atoms with Crippen LogP contribution in [0.2, 0.25) is 5.15 Å². The number of pyridine rings is 1. The Kier molecular flexibility index (Phi) is 6.02. The van der Waals surface area contributed by atoms with E-state index in [4.69, 9.17) is 11.6 Å². The smallest absolute Gasteiger partial charge is 0.235 e. The molecular weight excluding hydrogens is 354 g/mol. The molecule has 1 amide bonds. The van der Waals surface area contributed by atoms with E-state index in [0.717, 1.165) is 5.56 Å². The Morgan fingerprint density at radius 2 is 2.17 bits per heavy atom. The van der Waals surface area contributed by atoms with Gasteiger partial charge in [-0.15, -0.1) is 0 Å². The predicted octanol–water partition coefficient (Wildman–Crippen LogP) is 3.22. The summed E-state index contributed by atoms with van der Waals surface area (Å²) in [5.74, 6) is -0.498. The highest BCUT2D eigenvalue weighted by molar-refractivity contribution is 7.91. The minimum Gasteiger partial charge on any atom is -0.616 e. The van der Waals surface area contributed by atoms with Gasteiger partial charge in [-0.2, -0.15) is 0 Å². The molecule has 3 atom stereocenters. The summed E-state index contributed by atoms with van der Waals surface area (Å²) >= 11 is 6.47. The predicted molar refractivity (Wildman–Crippen MR) is 96.5 cm³/mol. The van der Waals surface area contributed by atoms with E-state index in [1.807, 2.05) is 19.1 Å². The minimum atomic E-state index is -1.06. The molecule has 0 N–H and O–H groups in total. The monoisotopic (exact) mass is 371 g/mol. The van der Waals surface area contributed by atoms with Gasteiger partial charge in [-0.3, -0.25) is 9.78 Å². The Balaban J connectivity index is 2.25. The van der Waals surface area contributed by atoms with E-state index in [1.54, 1.807) is 32.6 Å². The van der Waals surface area contributed by atoms with Gasteiger partial charge in [0.05, 0.1) is 12.2 Å². The molecule has 0 spiro atoms. The molecule has 2 heterocycles. The van der Waals surface area contributed by atoms with Crippen LogP contribution in [-0.2, 0) is 16.0 Å². The van der Waals surface area contributed by atoms with Crippen molar-refractivity contribution in [2.45, 2.75) is 19.1 Å². The van der Waals surface area contributed by atoms with Gasteiger partial charge in [-0.1, -0.05) is 34.1 Å². The molecule has 0 saturated carbocycles. The Labute approximate surface area is 147 Å². The van der Waals surface area contributed by atoms with Crippen molar-refractivity contribution in [3.05, 3.63) is 29.7 Å². The maximum atomic E-state index is 12.6. The van der Waals surface area contributed by atoms with E-state index in [-0.39, 0.29) is 22.2 Å². The molecule has 23 heavy (non-hydrogen) atoms. The highest BCUT2D eigenvalue weighted by Gasteiger charge is 2.31. The molecule has 2 aromatic heterocycles. The van der Waals surface area contributed by atoms with Gasteiger partial charge in [0.1, 0.15) is 15.3 Å². The Morgan fingerprint density at radius 1 is 1.48 bits per heavy atom. The number of carbonyl (C=O) groups excluding carboxylic acids is 1.